The Kier molecular flexibility index (Phi) is 46.8. The van der Waals surface area contributed by atoms with Crippen LogP contribution >= 0.6 is 0 Å². The molecule has 0 aliphatic carbocycles. The van der Waals surface area contributed by atoms with E-state index in [1.807, 2.05) is 0 Å². The highest BCUT2D eigenvalue weighted by Gasteiger charge is 2.12. The normalized spacial score (nSPS) is 11.8. The number of aliphatic hydroxyl groups is 2. The zero-order valence-electron chi connectivity index (χ0n) is 35.4. The molecule has 7 heteroatoms. The van der Waals surface area contributed by atoms with Crippen molar-refractivity contribution in [2.45, 2.75) is 245 Å². The zero-order chi connectivity index (χ0) is 38.6. The minimum absolute atomic E-state index is 0.0791. The first-order valence-electron chi connectivity index (χ1n) is 22.7. The fourth-order valence-corrected chi connectivity index (χ4v) is 6.75. The van der Waals surface area contributed by atoms with Crippen LogP contribution < -0.4 is 0 Å². The summed E-state index contributed by atoms with van der Waals surface area (Å²) in [5.74, 6) is -0.0791. The van der Waals surface area contributed by atoms with Crippen molar-refractivity contribution < 1.29 is 29.3 Å². The molecule has 0 aromatic rings. The molecule has 0 aromatic heterocycles. The van der Waals surface area contributed by atoms with Crippen LogP contribution in [0.1, 0.15) is 233 Å². The van der Waals surface area contributed by atoms with E-state index in [1.165, 1.54) is 141 Å². The number of nitrogens with zero attached hydrogens (tertiary/aromatic N) is 1. The van der Waals surface area contributed by atoms with E-state index in [0.717, 1.165) is 64.3 Å². The van der Waals surface area contributed by atoms with Crippen LogP contribution in [-0.2, 0) is 19.1 Å². The Morgan fingerprint density at radius 3 is 1.46 bits per heavy atom. The van der Waals surface area contributed by atoms with Crippen LogP contribution in [0.2, 0.25) is 0 Å². The molecule has 1 unspecified atom stereocenters. The van der Waals surface area contributed by atoms with Gasteiger partial charge >= 0.3 is 5.97 Å². The second-order valence-electron chi connectivity index (χ2n) is 15.4. The second-order valence-corrected chi connectivity index (χ2v) is 15.4. The first-order valence-corrected chi connectivity index (χ1v) is 22.7. The van der Waals surface area contributed by atoms with Gasteiger partial charge in [0.1, 0.15) is 6.10 Å². The standard InChI is InChI=1S/C27H55NO4.C18H36O2/c1-3-5-7-9-11-13-18-24-32-27(31)20-16-14-15-19-26(30)25-28(22-23-29)21-17-12-10-8-6-4-2;1-3-5-7-9-11-13-15-18(20-17-19)16-14-12-10-8-6-4-2/h26,29-30H,3-25H2,1-2H3;17-18H,3-16H2,1-2H3. The van der Waals surface area contributed by atoms with Gasteiger partial charge < -0.3 is 19.7 Å². The number of carbonyl (C=O) groups excluding carboxylic acids is 2. The Balaban J connectivity index is 0. The molecule has 0 bridgehead atoms. The Morgan fingerprint density at radius 2 is 0.981 bits per heavy atom. The molecule has 0 aliphatic heterocycles. The Morgan fingerprint density at radius 1 is 0.558 bits per heavy atom. The maximum absolute atomic E-state index is 11.8. The van der Waals surface area contributed by atoms with Gasteiger partial charge in [-0.25, -0.2) is 0 Å². The van der Waals surface area contributed by atoms with Crippen LogP contribution in [0.5, 0.6) is 0 Å². The lowest BCUT2D eigenvalue weighted by molar-refractivity contribution is -0.144. The number of esters is 1. The highest BCUT2D eigenvalue weighted by molar-refractivity contribution is 5.69. The van der Waals surface area contributed by atoms with Crippen molar-refractivity contribution in [3.63, 3.8) is 0 Å². The van der Waals surface area contributed by atoms with Gasteiger partial charge in [-0.1, -0.05) is 175 Å². The third-order valence-corrected chi connectivity index (χ3v) is 10.1. The fraction of sp³-hybridized carbons (Fsp3) is 0.956. The van der Waals surface area contributed by atoms with Crippen LogP contribution in [0.4, 0.5) is 0 Å². The molecule has 7 nitrogen and oxygen atoms in total. The first kappa shape index (κ1) is 52.9. The number of hydrogen-bond donors (Lipinski definition) is 2. The predicted molar refractivity (Wildman–Crippen MR) is 222 cm³/mol. The number of unbranched alkanes of at least 4 members (excludes halogenated alkanes) is 23. The smallest absolute Gasteiger partial charge is 0.305 e. The number of aliphatic hydroxyl groups excluding tert-OH is 2. The van der Waals surface area contributed by atoms with Gasteiger partial charge in [0.15, 0.2) is 0 Å². The predicted octanol–water partition coefficient (Wildman–Crippen LogP) is 12.3. The number of hydrogen-bond acceptors (Lipinski definition) is 7. The monoisotopic (exact) mass is 742 g/mol. The van der Waals surface area contributed by atoms with Gasteiger partial charge in [0.05, 0.1) is 19.3 Å². The summed E-state index contributed by atoms with van der Waals surface area (Å²) in [5.41, 5.74) is 0. The van der Waals surface area contributed by atoms with Gasteiger partial charge in [-0.3, -0.25) is 14.5 Å². The lowest BCUT2D eigenvalue weighted by atomic mass is 10.0. The Hall–Kier alpha value is -1.18. The van der Waals surface area contributed by atoms with Crippen molar-refractivity contribution >= 4 is 12.4 Å². The minimum Gasteiger partial charge on any atom is -0.466 e. The minimum atomic E-state index is -0.356. The fourth-order valence-electron chi connectivity index (χ4n) is 6.75. The average Bonchev–Trinajstić information content (AvgIpc) is 3.13. The molecular formula is C45H91NO6. The summed E-state index contributed by atoms with van der Waals surface area (Å²) >= 11 is 0. The van der Waals surface area contributed by atoms with E-state index < -0.39 is 0 Å². The third kappa shape index (κ3) is 43.2. The first-order chi connectivity index (χ1) is 25.5. The van der Waals surface area contributed by atoms with Crippen molar-refractivity contribution in [2.24, 2.45) is 0 Å². The maximum atomic E-state index is 11.8. The van der Waals surface area contributed by atoms with Crippen LogP contribution in [0.3, 0.4) is 0 Å². The van der Waals surface area contributed by atoms with E-state index in [2.05, 4.69) is 32.6 Å². The maximum Gasteiger partial charge on any atom is 0.305 e. The van der Waals surface area contributed by atoms with Crippen LogP contribution in [0, 0.1) is 0 Å². The summed E-state index contributed by atoms with van der Waals surface area (Å²) in [5, 5.41) is 19.6. The van der Waals surface area contributed by atoms with E-state index >= 15 is 0 Å². The molecule has 0 amide bonds. The van der Waals surface area contributed by atoms with E-state index in [9.17, 15) is 19.8 Å². The van der Waals surface area contributed by atoms with Crippen molar-refractivity contribution in [1.29, 1.82) is 0 Å². The molecule has 2 N–H and O–H groups in total. The molecule has 0 aromatic carbocycles. The van der Waals surface area contributed by atoms with Crippen LogP contribution in [0.15, 0.2) is 0 Å². The van der Waals surface area contributed by atoms with Crippen molar-refractivity contribution in [2.75, 3.05) is 32.8 Å². The number of ether oxygens (including phenoxy) is 2. The summed E-state index contributed by atoms with van der Waals surface area (Å²) < 4.78 is 10.5. The molecule has 52 heavy (non-hydrogen) atoms. The second kappa shape index (κ2) is 46.0. The third-order valence-electron chi connectivity index (χ3n) is 10.1. The van der Waals surface area contributed by atoms with Crippen molar-refractivity contribution in [1.82, 2.24) is 4.90 Å². The molecule has 0 saturated carbocycles. The lowest BCUT2D eigenvalue weighted by Crippen LogP contribution is -2.35. The largest absolute Gasteiger partial charge is 0.466 e. The molecule has 0 rings (SSSR count). The van der Waals surface area contributed by atoms with E-state index in [-0.39, 0.29) is 24.8 Å². The van der Waals surface area contributed by atoms with Gasteiger partial charge in [0.25, 0.3) is 6.47 Å². The molecule has 0 radical (unpaired) electrons. The van der Waals surface area contributed by atoms with Crippen molar-refractivity contribution in [3.05, 3.63) is 0 Å². The Bertz CT molecular complexity index is 677. The van der Waals surface area contributed by atoms with Crippen LogP contribution in [0.25, 0.3) is 0 Å². The summed E-state index contributed by atoms with van der Waals surface area (Å²) in [6.07, 6.45) is 37.7. The molecular weight excluding hydrogens is 650 g/mol. The van der Waals surface area contributed by atoms with Gasteiger partial charge in [0.2, 0.25) is 0 Å². The summed E-state index contributed by atoms with van der Waals surface area (Å²) in [6.45, 7) is 12.5. The molecule has 0 fully saturated rings. The highest BCUT2D eigenvalue weighted by atomic mass is 16.5. The zero-order valence-corrected chi connectivity index (χ0v) is 35.4. The summed E-state index contributed by atoms with van der Waals surface area (Å²) in [4.78, 5) is 24.5. The molecule has 1 atom stereocenters. The molecule has 0 heterocycles. The van der Waals surface area contributed by atoms with E-state index in [0.29, 0.717) is 32.6 Å². The van der Waals surface area contributed by atoms with Crippen LogP contribution in [-0.4, -0.2) is 72.6 Å². The highest BCUT2D eigenvalue weighted by Crippen LogP contribution is 2.16. The van der Waals surface area contributed by atoms with Gasteiger partial charge in [0, 0.05) is 19.5 Å². The number of rotatable bonds is 41. The summed E-state index contributed by atoms with van der Waals surface area (Å²) in [6, 6.07) is 0. The van der Waals surface area contributed by atoms with Gasteiger partial charge in [-0.05, 0) is 57.9 Å². The molecule has 312 valence electrons. The molecule has 0 spiro atoms. The average molecular weight is 742 g/mol. The van der Waals surface area contributed by atoms with Gasteiger partial charge in [-0.2, -0.15) is 0 Å². The summed E-state index contributed by atoms with van der Waals surface area (Å²) in [7, 11) is 0. The SMILES string of the molecule is CCCCCCCCC(CCCCCCCC)OC=O.CCCCCCCCCOC(=O)CCCCCC(O)CN(CCO)CCCCCCCC. The van der Waals surface area contributed by atoms with E-state index in [1.54, 1.807) is 0 Å². The lowest BCUT2D eigenvalue weighted by Gasteiger charge is -2.24. The quantitative estimate of drug-likeness (QED) is 0.0366. The van der Waals surface area contributed by atoms with Gasteiger partial charge in [-0.15, -0.1) is 0 Å². The Labute approximate surface area is 324 Å². The molecule has 0 aliphatic rings. The van der Waals surface area contributed by atoms with E-state index in [4.69, 9.17) is 9.47 Å². The topological polar surface area (TPSA) is 96.3 Å². The number of carbonyl (C=O) groups is 2. The van der Waals surface area contributed by atoms with Crippen molar-refractivity contribution in [3.8, 4) is 0 Å². The molecule has 0 saturated heterocycles.